The van der Waals surface area contributed by atoms with Crippen molar-refractivity contribution >= 4 is 12.0 Å². The fourth-order valence-electron chi connectivity index (χ4n) is 4.47. The van der Waals surface area contributed by atoms with Crippen LogP contribution < -0.4 is 0 Å². The molecule has 2 atom stereocenters. The summed E-state index contributed by atoms with van der Waals surface area (Å²) in [5.74, 6) is -2.44. The Morgan fingerprint density at radius 1 is 1.11 bits per heavy atom. The Morgan fingerprint density at radius 3 is 2.47 bits per heavy atom. The van der Waals surface area contributed by atoms with Gasteiger partial charge in [0.05, 0.1) is 0 Å². The fraction of sp³-hybridized carbons (Fsp3) is 0.452. The molecule has 5 nitrogen and oxygen atoms in total. The Bertz CT molecular complexity index is 1070. The van der Waals surface area contributed by atoms with Gasteiger partial charge in [0.2, 0.25) is 0 Å². The number of carbonyl (C=O) groups excluding carboxylic acids is 1. The van der Waals surface area contributed by atoms with E-state index in [0.29, 0.717) is 6.42 Å². The molecular weight excluding hydrogens is 452 g/mol. The highest BCUT2D eigenvalue weighted by Gasteiger charge is 2.34. The molecule has 36 heavy (non-hydrogen) atoms. The van der Waals surface area contributed by atoms with Crippen molar-refractivity contribution in [2.75, 3.05) is 6.61 Å². The second-order valence-electron chi connectivity index (χ2n) is 9.89. The zero-order valence-electron chi connectivity index (χ0n) is 22.4. The number of hydrogen-bond acceptors (Lipinski definition) is 5. The highest BCUT2D eigenvalue weighted by Crippen LogP contribution is 2.51. The van der Waals surface area contributed by atoms with Crippen LogP contribution in [0, 0.1) is 5.92 Å². The van der Waals surface area contributed by atoms with Crippen molar-refractivity contribution in [1.29, 1.82) is 0 Å². The maximum absolute atomic E-state index is 13.2. The van der Waals surface area contributed by atoms with Crippen LogP contribution in [-0.2, 0) is 4.74 Å². The molecule has 0 spiro atoms. The molecule has 0 aliphatic heterocycles. The first-order chi connectivity index (χ1) is 17.1. The first kappa shape index (κ1) is 29.0. The van der Waals surface area contributed by atoms with Gasteiger partial charge in [-0.2, -0.15) is 0 Å². The maximum Gasteiger partial charge on any atom is 0.343 e. The lowest BCUT2D eigenvalue weighted by Crippen LogP contribution is -2.16. The summed E-state index contributed by atoms with van der Waals surface area (Å²) in [6.07, 6.45) is 16.2. The number of benzene rings is 1. The molecule has 1 aliphatic carbocycles. The first-order valence-corrected chi connectivity index (χ1v) is 12.8. The van der Waals surface area contributed by atoms with Gasteiger partial charge in [-0.3, -0.25) is 0 Å². The Balaban J connectivity index is 2.49. The van der Waals surface area contributed by atoms with Gasteiger partial charge in [-0.05, 0) is 71.8 Å². The van der Waals surface area contributed by atoms with Crippen LogP contribution in [0.2, 0.25) is 0 Å². The van der Waals surface area contributed by atoms with E-state index in [1.807, 2.05) is 32.9 Å². The maximum atomic E-state index is 13.2. The number of allylic oxidation sites excluding steroid dienone is 7. The second-order valence-corrected chi connectivity index (χ2v) is 9.89. The van der Waals surface area contributed by atoms with Crippen LogP contribution in [0.1, 0.15) is 101 Å². The minimum Gasteiger partial charge on any atom is -0.507 e. The number of ether oxygens (including phenoxy) is 1. The van der Waals surface area contributed by atoms with E-state index in [9.17, 15) is 20.1 Å². The zero-order chi connectivity index (χ0) is 26.8. The van der Waals surface area contributed by atoms with Crippen molar-refractivity contribution in [1.82, 2.24) is 0 Å². The third kappa shape index (κ3) is 7.39. The smallest absolute Gasteiger partial charge is 0.343 e. The third-order valence-corrected chi connectivity index (χ3v) is 6.61. The summed E-state index contributed by atoms with van der Waals surface area (Å²) in [6.45, 7) is 14.1. The highest BCUT2D eigenvalue weighted by atomic mass is 16.5. The Kier molecular flexibility index (Phi) is 11.1. The minimum absolute atomic E-state index is 0.0474. The quantitative estimate of drug-likeness (QED) is 0.125. The van der Waals surface area contributed by atoms with Crippen LogP contribution in [-0.4, -0.2) is 27.9 Å². The average molecular weight is 495 g/mol. The number of aromatic hydroxyl groups is 3. The number of carbonyl (C=O) groups is 1. The van der Waals surface area contributed by atoms with Crippen molar-refractivity contribution < 1.29 is 24.9 Å². The van der Waals surface area contributed by atoms with Gasteiger partial charge >= 0.3 is 5.97 Å². The molecule has 1 aromatic rings. The summed E-state index contributed by atoms with van der Waals surface area (Å²) < 4.78 is 5.51. The van der Waals surface area contributed by atoms with Gasteiger partial charge in [0.25, 0.3) is 0 Å². The molecule has 196 valence electrons. The highest BCUT2D eigenvalue weighted by molar-refractivity contribution is 5.99. The van der Waals surface area contributed by atoms with Crippen LogP contribution in [0.25, 0.3) is 6.08 Å². The molecule has 5 heteroatoms. The van der Waals surface area contributed by atoms with Crippen molar-refractivity contribution in [2.24, 2.45) is 5.92 Å². The van der Waals surface area contributed by atoms with Gasteiger partial charge in [-0.15, -0.1) is 6.58 Å². The summed E-state index contributed by atoms with van der Waals surface area (Å²) in [4.78, 5) is 13.2. The second kappa shape index (κ2) is 13.8. The van der Waals surface area contributed by atoms with Crippen molar-refractivity contribution in [3.05, 3.63) is 70.4 Å². The van der Waals surface area contributed by atoms with Crippen LogP contribution in [0.4, 0.5) is 0 Å². The molecule has 0 aromatic heterocycles. The van der Waals surface area contributed by atoms with Crippen LogP contribution in [0.3, 0.4) is 0 Å². The third-order valence-electron chi connectivity index (χ3n) is 6.61. The van der Waals surface area contributed by atoms with Crippen LogP contribution >= 0.6 is 0 Å². The van der Waals surface area contributed by atoms with Gasteiger partial charge in [-0.1, -0.05) is 60.4 Å². The van der Waals surface area contributed by atoms with E-state index in [-0.39, 0.29) is 35.0 Å². The van der Waals surface area contributed by atoms with Crippen LogP contribution in [0.5, 0.6) is 17.2 Å². The molecule has 0 fully saturated rings. The van der Waals surface area contributed by atoms with E-state index in [4.69, 9.17) is 4.74 Å². The summed E-state index contributed by atoms with van der Waals surface area (Å²) in [7, 11) is 0. The molecule has 0 radical (unpaired) electrons. The van der Waals surface area contributed by atoms with Crippen molar-refractivity contribution in [3.8, 4) is 17.2 Å². The first-order valence-electron chi connectivity index (χ1n) is 12.8. The summed E-state index contributed by atoms with van der Waals surface area (Å²) >= 11 is 0. The Hall–Kier alpha value is -3.21. The predicted molar refractivity (Wildman–Crippen MR) is 148 cm³/mol. The average Bonchev–Trinajstić information content (AvgIpc) is 2.82. The fourth-order valence-corrected chi connectivity index (χ4v) is 4.47. The summed E-state index contributed by atoms with van der Waals surface area (Å²) in [6, 6.07) is 0. The molecule has 0 heterocycles. The van der Waals surface area contributed by atoms with E-state index in [2.05, 4.69) is 26.5 Å². The minimum atomic E-state index is -0.750. The predicted octanol–water partition coefficient (Wildman–Crippen LogP) is 8.09. The molecule has 1 aromatic carbocycles. The number of rotatable bonds is 11. The zero-order valence-corrected chi connectivity index (χ0v) is 22.4. The Morgan fingerprint density at radius 2 is 1.83 bits per heavy atom. The number of hydrogen-bond donors (Lipinski definition) is 3. The lowest BCUT2D eigenvalue weighted by molar-refractivity contribution is 0.0544. The van der Waals surface area contributed by atoms with Crippen molar-refractivity contribution in [2.45, 2.75) is 79.1 Å². The standard InChI is InChI=1S/C31H42O5/c1-7-9-10-14-24-27(31(35)36-18-17-21(5)13-11-12-20(3)4)29(33)26(30(34)28(24)32)25-19-22(6)15-16-23(25)8-2/h8,10,12,14,17,19,23,25,32-34H,2,7,9,11,13,15-16,18H2,1,3-6H3/b14-10+,21-17?. The van der Waals surface area contributed by atoms with E-state index >= 15 is 0 Å². The normalized spacial score (nSPS) is 18.1. The molecule has 2 unspecified atom stereocenters. The van der Waals surface area contributed by atoms with E-state index in [1.54, 1.807) is 18.2 Å². The van der Waals surface area contributed by atoms with E-state index in [0.717, 1.165) is 43.3 Å². The van der Waals surface area contributed by atoms with Gasteiger partial charge < -0.3 is 20.1 Å². The molecule has 2 rings (SSSR count). The van der Waals surface area contributed by atoms with E-state index < -0.39 is 23.4 Å². The van der Waals surface area contributed by atoms with Gasteiger partial charge in [0.15, 0.2) is 11.5 Å². The van der Waals surface area contributed by atoms with Gasteiger partial charge in [0.1, 0.15) is 17.9 Å². The largest absolute Gasteiger partial charge is 0.507 e. The van der Waals surface area contributed by atoms with E-state index in [1.165, 1.54) is 5.57 Å². The number of unbranched alkanes of at least 4 members (excludes halogenated alkanes) is 1. The van der Waals surface area contributed by atoms with Crippen LogP contribution in [0.15, 0.2) is 53.7 Å². The van der Waals surface area contributed by atoms with Gasteiger partial charge in [-0.25, -0.2) is 4.79 Å². The SMILES string of the molecule is C=CC1CCC(C)=CC1c1c(O)c(O)c(/C=C/CCC)c(C(=O)OCC=C(C)CCC=C(C)C)c1O. The summed E-state index contributed by atoms with van der Waals surface area (Å²) in [5, 5.41) is 33.3. The number of phenols is 3. The summed E-state index contributed by atoms with van der Waals surface area (Å²) in [5.41, 5.74) is 3.52. The monoisotopic (exact) mass is 494 g/mol. The molecule has 0 saturated carbocycles. The topological polar surface area (TPSA) is 87.0 Å². The molecule has 1 aliphatic rings. The van der Waals surface area contributed by atoms with Gasteiger partial charge in [0, 0.05) is 17.0 Å². The Labute approximate surface area is 216 Å². The van der Waals surface area contributed by atoms with Crippen molar-refractivity contribution in [3.63, 3.8) is 0 Å². The molecule has 0 amide bonds. The molecule has 0 bridgehead atoms. The number of esters is 1. The molecular formula is C31H42O5. The number of phenolic OH excluding ortho intramolecular Hbond substituents is 3. The lowest BCUT2D eigenvalue weighted by Gasteiger charge is -2.29. The molecule has 3 N–H and O–H groups in total. The molecule has 0 saturated heterocycles. The lowest BCUT2D eigenvalue weighted by atomic mass is 9.75.